The van der Waals surface area contributed by atoms with E-state index in [9.17, 15) is 0 Å². The van der Waals surface area contributed by atoms with Crippen molar-refractivity contribution in [2.75, 3.05) is 0 Å². The van der Waals surface area contributed by atoms with Gasteiger partial charge in [0.25, 0.3) is 0 Å². The molecule has 0 unspecified atom stereocenters. The van der Waals surface area contributed by atoms with Gasteiger partial charge in [0.1, 0.15) is 0 Å². The van der Waals surface area contributed by atoms with Gasteiger partial charge in [-0.15, -0.1) is 0 Å². The molecule has 0 bridgehead atoms. The molecule has 2 rings (SSSR count). The van der Waals surface area contributed by atoms with E-state index in [2.05, 4.69) is 55.7 Å². The lowest BCUT2D eigenvalue weighted by molar-refractivity contribution is 0.701. The minimum absolute atomic E-state index is 0.00451. The molecule has 0 amide bonds. The van der Waals surface area contributed by atoms with Crippen LogP contribution in [0.1, 0.15) is 19.5 Å². The average Bonchev–Trinajstić information content (AvgIpc) is 2.15. The molecule has 0 N–H and O–H groups in total. The first-order valence-corrected chi connectivity index (χ1v) is 5.55. The van der Waals surface area contributed by atoms with Gasteiger partial charge in [0.15, 0.2) is 0 Å². The van der Waals surface area contributed by atoms with E-state index in [-0.39, 0.29) is 4.75 Å². The highest BCUT2D eigenvalue weighted by atomic mass is 32.1. The molecule has 2 aromatic rings. The quantitative estimate of drug-likeness (QED) is 0.760. The van der Waals surface area contributed by atoms with Crippen LogP contribution in [0, 0.1) is 0 Å². The van der Waals surface area contributed by atoms with E-state index in [1.165, 1.54) is 10.8 Å². The van der Waals surface area contributed by atoms with Gasteiger partial charge < -0.3 is 0 Å². The lowest BCUT2D eigenvalue weighted by Crippen LogP contribution is -2.15. The highest BCUT2D eigenvalue weighted by Crippen LogP contribution is 2.20. The number of aromatic nitrogens is 1. The summed E-state index contributed by atoms with van der Waals surface area (Å²) in [6, 6.07) is 10.4. The van der Waals surface area contributed by atoms with Crippen molar-refractivity contribution in [3.63, 3.8) is 0 Å². The first kappa shape index (κ1) is 10.5. The minimum atomic E-state index is -0.00451. The maximum atomic E-state index is 4.52. The molecule has 15 heavy (non-hydrogen) atoms. The maximum Gasteiger partial charge on any atom is 0.0423 e. The Labute approximate surface area is 95.9 Å². The second kappa shape index (κ2) is 3.86. The van der Waals surface area contributed by atoms with Crippen molar-refractivity contribution < 1.29 is 0 Å². The molecule has 0 saturated heterocycles. The first-order valence-electron chi connectivity index (χ1n) is 5.11. The van der Waals surface area contributed by atoms with Gasteiger partial charge in [-0.25, -0.2) is 0 Å². The van der Waals surface area contributed by atoms with Crippen molar-refractivity contribution in [1.82, 2.24) is 4.98 Å². The van der Waals surface area contributed by atoms with Crippen LogP contribution in [0.15, 0.2) is 36.5 Å². The van der Waals surface area contributed by atoms with Crippen molar-refractivity contribution >= 4 is 23.4 Å². The molecular formula is C13H15NS. The van der Waals surface area contributed by atoms with Gasteiger partial charge in [-0.2, -0.15) is 12.6 Å². The van der Waals surface area contributed by atoms with Crippen LogP contribution in [-0.4, -0.2) is 9.73 Å². The third kappa shape index (κ3) is 2.72. The summed E-state index contributed by atoms with van der Waals surface area (Å²) in [6.45, 7) is 4.21. The van der Waals surface area contributed by atoms with Crippen LogP contribution in [-0.2, 0) is 6.42 Å². The summed E-state index contributed by atoms with van der Waals surface area (Å²) in [4.78, 5) is 4.44. The Balaban J connectivity index is 2.39. The standard InChI is InChI=1S/C13H15NS/c1-13(2,15)8-12-7-10-5-3-4-6-11(10)9-14-12/h3-7,9,15H,8H2,1-2H3. The summed E-state index contributed by atoms with van der Waals surface area (Å²) in [5, 5.41) is 2.44. The summed E-state index contributed by atoms with van der Waals surface area (Å²) < 4.78 is -0.00451. The van der Waals surface area contributed by atoms with Crippen molar-refractivity contribution in [2.24, 2.45) is 0 Å². The Bertz CT molecular complexity index is 471. The number of nitrogens with zero attached hydrogens (tertiary/aromatic N) is 1. The van der Waals surface area contributed by atoms with Gasteiger partial charge >= 0.3 is 0 Å². The summed E-state index contributed by atoms with van der Waals surface area (Å²) in [5.74, 6) is 0. The summed E-state index contributed by atoms with van der Waals surface area (Å²) in [5.41, 5.74) is 1.11. The molecule has 2 heteroatoms. The average molecular weight is 217 g/mol. The molecule has 1 aromatic carbocycles. The molecule has 0 aliphatic carbocycles. The van der Waals surface area contributed by atoms with Crippen LogP contribution in [0.5, 0.6) is 0 Å². The number of thiol groups is 1. The van der Waals surface area contributed by atoms with Gasteiger partial charge in [-0.1, -0.05) is 38.1 Å². The predicted octanol–water partition coefficient (Wildman–Crippen LogP) is 3.49. The molecular weight excluding hydrogens is 202 g/mol. The second-order valence-electron chi connectivity index (χ2n) is 4.51. The van der Waals surface area contributed by atoms with Gasteiger partial charge in [0.05, 0.1) is 0 Å². The van der Waals surface area contributed by atoms with Crippen LogP contribution >= 0.6 is 12.6 Å². The Morgan fingerprint density at radius 3 is 2.53 bits per heavy atom. The molecule has 78 valence electrons. The van der Waals surface area contributed by atoms with Crippen LogP contribution < -0.4 is 0 Å². The molecule has 0 saturated carbocycles. The van der Waals surface area contributed by atoms with Gasteiger partial charge in [-0.3, -0.25) is 4.98 Å². The number of pyridine rings is 1. The zero-order valence-corrected chi connectivity index (χ0v) is 9.96. The summed E-state index contributed by atoms with van der Waals surface area (Å²) in [6.07, 6.45) is 2.82. The Morgan fingerprint density at radius 1 is 1.20 bits per heavy atom. The van der Waals surface area contributed by atoms with Crippen LogP contribution in [0.4, 0.5) is 0 Å². The van der Waals surface area contributed by atoms with E-state index in [1.54, 1.807) is 0 Å². The third-order valence-corrected chi connectivity index (χ3v) is 2.46. The van der Waals surface area contributed by atoms with E-state index in [4.69, 9.17) is 0 Å². The molecule has 0 aliphatic rings. The molecule has 1 heterocycles. The van der Waals surface area contributed by atoms with E-state index in [0.29, 0.717) is 0 Å². The monoisotopic (exact) mass is 217 g/mol. The number of rotatable bonds is 2. The van der Waals surface area contributed by atoms with Gasteiger partial charge in [0, 0.05) is 28.4 Å². The van der Waals surface area contributed by atoms with Crippen molar-refractivity contribution in [3.8, 4) is 0 Å². The van der Waals surface area contributed by atoms with E-state index in [1.807, 2.05) is 12.3 Å². The third-order valence-electron chi connectivity index (χ3n) is 2.30. The molecule has 1 nitrogen and oxygen atoms in total. The normalized spacial score (nSPS) is 11.9. The number of benzene rings is 1. The summed E-state index contributed by atoms with van der Waals surface area (Å²) in [7, 11) is 0. The molecule has 0 atom stereocenters. The predicted molar refractivity (Wildman–Crippen MR) is 68.5 cm³/mol. The second-order valence-corrected chi connectivity index (χ2v) is 5.72. The zero-order valence-electron chi connectivity index (χ0n) is 9.07. The lowest BCUT2D eigenvalue weighted by Gasteiger charge is -2.16. The van der Waals surface area contributed by atoms with Gasteiger partial charge in [-0.05, 0) is 11.5 Å². The van der Waals surface area contributed by atoms with Crippen molar-refractivity contribution in [1.29, 1.82) is 0 Å². The maximum absolute atomic E-state index is 4.52. The fraction of sp³-hybridized carbons (Fsp3) is 0.308. The lowest BCUT2D eigenvalue weighted by atomic mass is 10.0. The van der Waals surface area contributed by atoms with Crippen molar-refractivity contribution in [3.05, 3.63) is 42.2 Å². The van der Waals surface area contributed by atoms with Crippen molar-refractivity contribution in [2.45, 2.75) is 25.0 Å². The smallest absolute Gasteiger partial charge is 0.0423 e. The Morgan fingerprint density at radius 2 is 1.87 bits per heavy atom. The van der Waals surface area contributed by atoms with Crippen LogP contribution in [0.2, 0.25) is 0 Å². The number of hydrogen-bond donors (Lipinski definition) is 1. The molecule has 0 aliphatic heterocycles. The van der Waals surface area contributed by atoms with E-state index in [0.717, 1.165) is 12.1 Å². The first-order chi connectivity index (χ1) is 7.04. The largest absolute Gasteiger partial charge is 0.261 e. The highest BCUT2D eigenvalue weighted by Gasteiger charge is 2.13. The van der Waals surface area contributed by atoms with E-state index < -0.39 is 0 Å². The van der Waals surface area contributed by atoms with Crippen LogP contribution in [0.3, 0.4) is 0 Å². The van der Waals surface area contributed by atoms with Crippen LogP contribution in [0.25, 0.3) is 10.8 Å². The fourth-order valence-electron chi connectivity index (χ4n) is 1.67. The molecule has 0 spiro atoms. The topological polar surface area (TPSA) is 12.9 Å². The molecule has 1 aromatic heterocycles. The number of fused-ring (bicyclic) bond motifs is 1. The molecule has 0 radical (unpaired) electrons. The summed E-state index contributed by atoms with van der Waals surface area (Å²) >= 11 is 4.52. The van der Waals surface area contributed by atoms with Gasteiger partial charge in [0.2, 0.25) is 0 Å². The Kier molecular flexibility index (Phi) is 2.70. The molecule has 0 fully saturated rings. The zero-order chi connectivity index (χ0) is 10.9. The fourth-order valence-corrected chi connectivity index (χ4v) is 1.83. The minimum Gasteiger partial charge on any atom is -0.261 e. The van der Waals surface area contributed by atoms with E-state index >= 15 is 0 Å². The highest BCUT2D eigenvalue weighted by molar-refractivity contribution is 7.81. The Hall–Kier alpha value is -1.02. The SMILES string of the molecule is CC(C)(S)Cc1cc2ccccc2cn1. The number of hydrogen-bond acceptors (Lipinski definition) is 2.